The third-order valence-electron chi connectivity index (χ3n) is 5.08. The molecule has 0 bridgehead atoms. The Morgan fingerprint density at radius 1 is 1.03 bits per heavy atom. The molecule has 0 saturated heterocycles. The van der Waals surface area contributed by atoms with Gasteiger partial charge < -0.3 is 4.74 Å². The maximum absolute atomic E-state index is 13.3. The molecule has 1 heterocycles. The molecule has 29 heavy (non-hydrogen) atoms. The minimum Gasteiger partial charge on any atom is -0.486 e. The number of aryl methyl sites for hydroxylation is 4. The van der Waals surface area contributed by atoms with Crippen LogP contribution in [-0.4, -0.2) is 9.78 Å². The third-order valence-corrected chi connectivity index (χ3v) is 5.61. The van der Waals surface area contributed by atoms with E-state index < -0.39 is 0 Å². The smallest absolute Gasteiger partial charge is 0.278 e. The lowest BCUT2D eigenvalue weighted by molar-refractivity contribution is 0.301. The molecule has 0 atom stereocenters. The molecule has 0 N–H and O–H groups in total. The van der Waals surface area contributed by atoms with Crippen molar-refractivity contribution in [3.05, 3.63) is 80.8 Å². The zero-order valence-corrected chi connectivity index (χ0v) is 19.0. The second-order valence-corrected chi connectivity index (χ2v) is 7.71. The molecule has 0 amide bonds. The van der Waals surface area contributed by atoms with E-state index in [-0.39, 0.29) is 5.56 Å². The lowest BCUT2D eigenvalue weighted by Crippen LogP contribution is -2.25. The van der Waals surface area contributed by atoms with Gasteiger partial charge in [-0.05, 0) is 42.0 Å². The van der Waals surface area contributed by atoms with Gasteiger partial charge in [-0.25, -0.2) is 4.68 Å². The van der Waals surface area contributed by atoms with Gasteiger partial charge in [0, 0.05) is 7.05 Å². The number of benzene rings is 2. The summed E-state index contributed by atoms with van der Waals surface area (Å²) in [6.45, 7) is 6.74. The van der Waals surface area contributed by atoms with Gasteiger partial charge in [0.2, 0.25) is 0 Å². The largest absolute Gasteiger partial charge is 0.486 e. The fraction of sp³-hybridized carbons (Fsp3) is 0.333. The Labute approximate surface area is 180 Å². The highest BCUT2D eigenvalue weighted by molar-refractivity contribution is 9.08. The molecule has 2 aromatic carbocycles. The van der Waals surface area contributed by atoms with Crippen LogP contribution < -0.4 is 10.3 Å². The Morgan fingerprint density at radius 2 is 1.66 bits per heavy atom. The average molecular weight is 455 g/mol. The highest BCUT2D eigenvalue weighted by atomic mass is 79.9. The molecule has 0 spiro atoms. The van der Waals surface area contributed by atoms with E-state index in [0.717, 1.165) is 40.8 Å². The summed E-state index contributed by atoms with van der Waals surface area (Å²) in [5.41, 5.74) is 6.78. The second kappa shape index (κ2) is 9.40. The van der Waals surface area contributed by atoms with Crippen LogP contribution in [0, 0.1) is 6.92 Å². The first kappa shape index (κ1) is 21.3. The molecular formula is C24H27BrN2O2. The van der Waals surface area contributed by atoms with Gasteiger partial charge in [0.1, 0.15) is 12.3 Å². The first-order chi connectivity index (χ1) is 14.0. The SMILES string of the molecule is CCc1cc(C)cc(CC)c1-c1c(OCc2ccccc2)c(CBr)nn(C)c1=O. The summed E-state index contributed by atoms with van der Waals surface area (Å²) < 4.78 is 7.68. The minimum atomic E-state index is -0.133. The summed E-state index contributed by atoms with van der Waals surface area (Å²) in [5, 5.41) is 4.96. The van der Waals surface area contributed by atoms with E-state index >= 15 is 0 Å². The molecule has 3 rings (SSSR count). The molecule has 0 unspecified atom stereocenters. The van der Waals surface area contributed by atoms with Crippen molar-refractivity contribution >= 4 is 15.9 Å². The number of halogens is 1. The number of aromatic nitrogens is 2. The van der Waals surface area contributed by atoms with Crippen LogP contribution in [0.3, 0.4) is 0 Å². The van der Waals surface area contributed by atoms with E-state index in [1.54, 1.807) is 7.05 Å². The molecule has 0 aliphatic heterocycles. The van der Waals surface area contributed by atoms with E-state index in [2.05, 4.69) is 53.9 Å². The zero-order chi connectivity index (χ0) is 21.0. The lowest BCUT2D eigenvalue weighted by Gasteiger charge is -2.20. The Morgan fingerprint density at radius 3 is 2.21 bits per heavy atom. The maximum Gasteiger partial charge on any atom is 0.278 e. The number of hydrogen-bond acceptors (Lipinski definition) is 3. The quantitative estimate of drug-likeness (QED) is 0.451. The van der Waals surface area contributed by atoms with Gasteiger partial charge in [-0.15, -0.1) is 0 Å². The van der Waals surface area contributed by atoms with Crippen LogP contribution in [0.15, 0.2) is 47.3 Å². The highest BCUT2D eigenvalue weighted by Gasteiger charge is 2.23. The number of hydrogen-bond donors (Lipinski definition) is 0. The standard InChI is InChI=1S/C24H27BrN2O2/c1-5-18-12-16(3)13-19(6-2)21(18)22-23(20(14-25)26-27(4)24(22)28)29-15-17-10-8-7-9-11-17/h7-13H,5-6,14-15H2,1-4H3. The van der Waals surface area contributed by atoms with Crippen molar-refractivity contribution in [2.45, 2.75) is 45.5 Å². The third kappa shape index (κ3) is 4.45. The summed E-state index contributed by atoms with van der Waals surface area (Å²) >= 11 is 3.52. The van der Waals surface area contributed by atoms with Crippen LogP contribution in [0.4, 0.5) is 0 Å². The summed E-state index contributed by atoms with van der Waals surface area (Å²) in [5.74, 6) is 0.571. The zero-order valence-electron chi connectivity index (χ0n) is 17.5. The van der Waals surface area contributed by atoms with E-state index in [1.807, 2.05) is 30.3 Å². The van der Waals surface area contributed by atoms with E-state index in [9.17, 15) is 4.79 Å². The summed E-state index contributed by atoms with van der Waals surface area (Å²) in [7, 11) is 1.70. The predicted octanol–water partition coefficient (Wildman–Crippen LogP) is 5.35. The van der Waals surface area contributed by atoms with Crippen LogP contribution in [0.5, 0.6) is 5.75 Å². The Kier molecular flexibility index (Phi) is 6.91. The lowest BCUT2D eigenvalue weighted by atomic mass is 9.90. The maximum atomic E-state index is 13.3. The van der Waals surface area contributed by atoms with Crippen molar-refractivity contribution in [1.29, 1.82) is 0 Å². The van der Waals surface area contributed by atoms with Crippen molar-refractivity contribution in [3.8, 4) is 16.9 Å². The summed E-state index contributed by atoms with van der Waals surface area (Å²) in [6.07, 6.45) is 1.69. The number of alkyl halides is 1. The van der Waals surface area contributed by atoms with E-state index in [4.69, 9.17) is 4.74 Å². The van der Waals surface area contributed by atoms with Crippen LogP contribution in [0.2, 0.25) is 0 Å². The molecule has 0 fully saturated rings. The first-order valence-corrected chi connectivity index (χ1v) is 11.1. The van der Waals surface area contributed by atoms with Crippen molar-refractivity contribution in [2.75, 3.05) is 0 Å². The van der Waals surface area contributed by atoms with Crippen molar-refractivity contribution in [1.82, 2.24) is 9.78 Å². The van der Waals surface area contributed by atoms with E-state index in [1.165, 1.54) is 10.2 Å². The van der Waals surface area contributed by atoms with Crippen LogP contribution in [0.25, 0.3) is 11.1 Å². The van der Waals surface area contributed by atoms with Crippen LogP contribution in [0.1, 0.15) is 41.8 Å². The molecule has 5 heteroatoms. The Hall–Kier alpha value is -2.40. The molecule has 0 saturated carbocycles. The normalized spacial score (nSPS) is 10.9. The van der Waals surface area contributed by atoms with Gasteiger partial charge in [0.25, 0.3) is 5.56 Å². The van der Waals surface area contributed by atoms with Gasteiger partial charge >= 0.3 is 0 Å². The van der Waals surface area contributed by atoms with Gasteiger partial charge in [-0.3, -0.25) is 4.79 Å². The number of ether oxygens (including phenoxy) is 1. The first-order valence-electron chi connectivity index (χ1n) is 9.95. The van der Waals surface area contributed by atoms with Crippen LogP contribution >= 0.6 is 15.9 Å². The Balaban J connectivity index is 2.26. The molecular weight excluding hydrogens is 428 g/mol. The number of nitrogens with zero attached hydrogens (tertiary/aromatic N) is 2. The average Bonchev–Trinajstić information content (AvgIpc) is 2.74. The molecule has 4 nitrogen and oxygen atoms in total. The molecule has 3 aromatic rings. The minimum absolute atomic E-state index is 0.133. The van der Waals surface area contributed by atoms with Gasteiger partial charge in [-0.1, -0.05) is 77.8 Å². The van der Waals surface area contributed by atoms with Gasteiger partial charge in [0.05, 0.1) is 10.9 Å². The topological polar surface area (TPSA) is 44.1 Å². The predicted molar refractivity (Wildman–Crippen MR) is 122 cm³/mol. The fourth-order valence-electron chi connectivity index (χ4n) is 3.69. The van der Waals surface area contributed by atoms with Gasteiger partial charge in [0.15, 0.2) is 5.75 Å². The molecule has 0 aliphatic rings. The second-order valence-electron chi connectivity index (χ2n) is 7.15. The molecule has 152 valence electrons. The molecule has 1 aromatic heterocycles. The van der Waals surface area contributed by atoms with Crippen molar-refractivity contribution in [3.63, 3.8) is 0 Å². The van der Waals surface area contributed by atoms with Gasteiger partial charge in [-0.2, -0.15) is 5.10 Å². The fourth-order valence-corrected chi connectivity index (χ4v) is 4.06. The van der Waals surface area contributed by atoms with Crippen molar-refractivity contribution in [2.24, 2.45) is 7.05 Å². The highest BCUT2D eigenvalue weighted by Crippen LogP contribution is 2.36. The van der Waals surface area contributed by atoms with Crippen LogP contribution in [-0.2, 0) is 31.8 Å². The Bertz CT molecular complexity index is 1030. The number of rotatable bonds is 7. The van der Waals surface area contributed by atoms with E-state index in [0.29, 0.717) is 23.2 Å². The monoisotopic (exact) mass is 454 g/mol. The summed E-state index contributed by atoms with van der Waals surface area (Å²) in [6, 6.07) is 14.3. The van der Waals surface area contributed by atoms with Crippen molar-refractivity contribution < 1.29 is 4.74 Å². The molecule has 0 radical (unpaired) electrons. The summed E-state index contributed by atoms with van der Waals surface area (Å²) in [4.78, 5) is 13.3. The molecule has 0 aliphatic carbocycles.